The molecule has 4 saturated carbocycles. The topological polar surface area (TPSA) is 272 Å². The number of hydrogen-bond donors (Lipinski definition) is 9. The van der Waals surface area contributed by atoms with Gasteiger partial charge in [0.15, 0.2) is 24.7 Å². The number of carbonyl (C=O) groups excluding carboxylic acids is 1. The molecule has 17 nitrogen and oxygen atoms in total. The van der Waals surface area contributed by atoms with Crippen molar-refractivity contribution in [2.24, 2.45) is 44.8 Å². The van der Waals surface area contributed by atoms with Gasteiger partial charge >= 0.3 is 5.97 Å². The molecule has 0 unspecified atom stereocenters. The van der Waals surface area contributed by atoms with Gasteiger partial charge < -0.3 is 74.4 Å². The van der Waals surface area contributed by atoms with Crippen molar-refractivity contribution in [1.82, 2.24) is 0 Å². The van der Waals surface area contributed by atoms with Crippen LogP contribution in [0.4, 0.5) is 0 Å². The van der Waals surface area contributed by atoms with Crippen molar-refractivity contribution >= 4 is 11.8 Å². The highest BCUT2D eigenvalue weighted by atomic mass is 16.8. The maximum Gasteiger partial charge on any atom is 0.310 e. The Kier molecular flexibility index (Phi) is 12.8. The number of carboxylic acids is 1. The van der Waals surface area contributed by atoms with Gasteiger partial charge in [-0.05, 0) is 99.2 Å². The highest BCUT2D eigenvalue weighted by Crippen LogP contribution is 2.75. The molecule has 0 spiro atoms. The lowest BCUT2D eigenvalue weighted by Gasteiger charge is -2.71. The molecule has 0 bridgehead atoms. The van der Waals surface area contributed by atoms with Crippen molar-refractivity contribution in [3.63, 3.8) is 0 Å². The van der Waals surface area contributed by atoms with E-state index in [1.54, 1.807) is 0 Å². The number of carbonyl (C=O) groups is 2. The van der Waals surface area contributed by atoms with Gasteiger partial charge in [0.1, 0.15) is 61.0 Å². The summed E-state index contributed by atoms with van der Waals surface area (Å²) < 4.78 is 36.5. The zero-order valence-electron chi connectivity index (χ0n) is 37.1. The Balaban J connectivity index is 1.08. The second-order valence-electron chi connectivity index (χ2n) is 21.3. The first kappa shape index (κ1) is 47.5. The van der Waals surface area contributed by atoms with Gasteiger partial charge in [0.05, 0.1) is 31.3 Å². The Hall–Kier alpha value is -1.94. The van der Waals surface area contributed by atoms with Gasteiger partial charge in [-0.1, -0.05) is 51.5 Å². The van der Waals surface area contributed by atoms with Crippen LogP contribution >= 0.6 is 0 Å². The van der Waals surface area contributed by atoms with Gasteiger partial charge in [-0.2, -0.15) is 0 Å². The summed E-state index contributed by atoms with van der Waals surface area (Å²) in [6.07, 6.45) is -12.4. The van der Waals surface area contributed by atoms with E-state index in [0.717, 1.165) is 51.0 Å². The van der Waals surface area contributed by atoms with Crippen LogP contribution in [0, 0.1) is 44.8 Å². The van der Waals surface area contributed by atoms with Crippen molar-refractivity contribution in [1.29, 1.82) is 0 Å². The van der Waals surface area contributed by atoms with Crippen molar-refractivity contribution in [3.8, 4) is 0 Å². The summed E-state index contributed by atoms with van der Waals surface area (Å²) in [5.74, 6) is -1.27. The number of hydrogen-bond acceptors (Lipinski definition) is 16. The minimum Gasteiger partial charge on any atom is -0.481 e. The third-order valence-corrected chi connectivity index (χ3v) is 18.3. The van der Waals surface area contributed by atoms with E-state index in [2.05, 4.69) is 33.4 Å². The molecule has 0 aromatic carbocycles. The number of rotatable bonds is 9. The monoisotopic (exact) mass is 894 g/mol. The molecular weight excluding hydrogens is 824 g/mol. The number of ether oxygens (including phenoxy) is 6. The molecule has 3 heterocycles. The lowest BCUT2D eigenvalue weighted by molar-refractivity contribution is -0.382. The lowest BCUT2D eigenvalue weighted by Crippen LogP contribution is -2.67. The predicted octanol–water partition coefficient (Wildman–Crippen LogP) is 1.08. The number of aliphatic hydroxyl groups is 8. The zero-order valence-corrected chi connectivity index (χ0v) is 37.1. The summed E-state index contributed by atoms with van der Waals surface area (Å²) in [5.41, 5.74) is 0.125. The van der Waals surface area contributed by atoms with Gasteiger partial charge in [-0.15, -0.1) is 0 Å². The third-order valence-electron chi connectivity index (χ3n) is 18.3. The minimum absolute atomic E-state index is 0.0375. The standard InChI is InChI=1S/C46H70O17/c1-21-9-14-46(41(56)57)16-15-44(5)23(24(46)17-21)7-8-28-42(3)12-11-29(43(4,20-47)27(42)10-13-45(28,44)6)60-40-37(63-38-33(54)30(51)25(49)18-58-38)36(26(50)19-59-40)62-39-34(55)31(52)32(53)35(61-39)22(2)48/h7,24-40,47,49-55H,1,8-20H2,2-6H3,(H,56,57)/t24-,25-,26-,27+,28+,29-,30-,31-,32-,33+,34+,35+,36-,37+,38-,39-,40-,42-,43-,44+,45+,46-/m0/s1. The van der Waals surface area contributed by atoms with Crippen LogP contribution in [0.1, 0.15) is 98.8 Å². The normalized spacial score (nSPS) is 53.6. The molecule has 3 saturated heterocycles. The number of aliphatic hydroxyl groups excluding tert-OH is 8. The summed E-state index contributed by atoms with van der Waals surface area (Å²) in [4.78, 5) is 25.4. The summed E-state index contributed by atoms with van der Waals surface area (Å²) in [6.45, 7) is 13.5. The molecule has 7 fully saturated rings. The summed E-state index contributed by atoms with van der Waals surface area (Å²) in [6, 6.07) is 0. The molecule has 22 atom stereocenters. The van der Waals surface area contributed by atoms with Crippen LogP contribution in [0.3, 0.4) is 0 Å². The third kappa shape index (κ3) is 7.34. The molecular formula is C46H70O17. The van der Waals surface area contributed by atoms with E-state index in [4.69, 9.17) is 28.4 Å². The largest absolute Gasteiger partial charge is 0.481 e. The number of ketones is 1. The van der Waals surface area contributed by atoms with E-state index in [-0.39, 0.29) is 47.2 Å². The van der Waals surface area contributed by atoms with Crippen molar-refractivity contribution in [3.05, 3.63) is 23.8 Å². The fourth-order valence-corrected chi connectivity index (χ4v) is 14.3. The molecule has 9 N–H and O–H groups in total. The molecule has 17 heteroatoms. The van der Waals surface area contributed by atoms with E-state index in [1.807, 2.05) is 6.92 Å². The van der Waals surface area contributed by atoms with E-state index < -0.39 is 115 Å². The Morgan fingerprint density at radius 3 is 2.11 bits per heavy atom. The van der Waals surface area contributed by atoms with E-state index >= 15 is 0 Å². The lowest BCUT2D eigenvalue weighted by atomic mass is 9.34. The number of allylic oxidation sites excluding steroid dienone is 3. The highest BCUT2D eigenvalue weighted by molar-refractivity contribution is 5.81. The first-order valence-electron chi connectivity index (χ1n) is 22.9. The van der Waals surface area contributed by atoms with Crippen LogP contribution < -0.4 is 0 Å². The highest BCUT2D eigenvalue weighted by Gasteiger charge is 2.70. The molecule has 0 aromatic heterocycles. The quantitative estimate of drug-likeness (QED) is 0.116. The molecule has 0 aromatic rings. The minimum atomic E-state index is -1.88. The predicted molar refractivity (Wildman–Crippen MR) is 219 cm³/mol. The smallest absolute Gasteiger partial charge is 0.310 e. The molecule has 3 aliphatic heterocycles. The average molecular weight is 895 g/mol. The molecule has 0 amide bonds. The second-order valence-corrected chi connectivity index (χ2v) is 21.3. The van der Waals surface area contributed by atoms with Crippen molar-refractivity contribution in [2.45, 2.75) is 185 Å². The molecule has 8 aliphatic rings. The van der Waals surface area contributed by atoms with E-state index in [9.17, 15) is 55.5 Å². The molecule has 63 heavy (non-hydrogen) atoms. The van der Waals surface area contributed by atoms with Crippen molar-refractivity contribution < 1.29 is 84.0 Å². The van der Waals surface area contributed by atoms with Crippen LogP contribution in [0.2, 0.25) is 0 Å². The van der Waals surface area contributed by atoms with Gasteiger partial charge in [0, 0.05) is 11.3 Å². The van der Waals surface area contributed by atoms with Crippen molar-refractivity contribution in [2.75, 3.05) is 19.8 Å². The fourth-order valence-electron chi connectivity index (χ4n) is 14.3. The first-order valence-corrected chi connectivity index (χ1v) is 22.9. The van der Waals surface area contributed by atoms with Crippen LogP contribution in [0.5, 0.6) is 0 Å². The molecule has 8 rings (SSSR count). The van der Waals surface area contributed by atoms with Gasteiger partial charge in [-0.25, -0.2) is 0 Å². The average Bonchev–Trinajstić information content (AvgIpc) is 3.23. The molecule has 5 aliphatic carbocycles. The number of carboxylic acid groups (broad SMARTS) is 1. The van der Waals surface area contributed by atoms with Crippen LogP contribution in [0.15, 0.2) is 23.8 Å². The van der Waals surface area contributed by atoms with E-state index in [1.165, 1.54) is 5.57 Å². The summed E-state index contributed by atoms with van der Waals surface area (Å²) in [5, 5.41) is 97.2. The van der Waals surface area contributed by atoms with Crippen LogP contribution in [-0.2, 0) is 38.0 Å². The Morgan fingerprint density at radius 1 is 0.762 bits per heavy atom. The maximum absolute atomic E-state index is 13.0. The van der Waals surface area contributed by atoms with Gasteiger partial charge in [0.25, 0.3) is 0 Å². The molecule has 356 valence electrons. The SMILES string of the molecule is C=C1CC[C@]2(C(=O)O)CC[C@]3(C)C(=CC[C@@H]4[C@@]5(C)CC[C@H](O[C@@H]6OC[C@H](O)[C@H](O[C@@H]7O[C@H](C(C)=O)[C@@H](O)[C@H](O)[C@H]7O)[C@H]6O[C@@H]6OC[C@H](O)[C@H](O)[C@H]6O)[C@@](C)(CO)[C@@H]5CC[C@]43C)[C@@H]2C1. The summed E-state index contributed by atoms with van der Waals surface area (Å²) in [7, 11) is 0. The Bertz CT molecular complexity index is 1790. The van der Waals surface area contributed by atoms with Crippen LogP contribution in [0.25, 0.3) is 0 Å². The maximum atomic E-state index is 13.0. The zero-order chi connectivity index (χ0) is 45.8. The number of fused-ring (bicyclic) bond motifs is 7. The number of aliphatic carboxylic acids is 1. The first-order chi connectivity index (χ1) is 29.6. The summed E-state index contributed by atoms with van der Waals surface area (Å²) >= 11 is 0. The van der Waals surface area contributed by atoms with Gasteiger partial charge in [-0.3, -0.25) is 9.59 Å². The van der Waals surface area contributed by atoms with Crippen LogP contribution in [-0.4, -0.2) is 164 Å². The second kappa shape index (κ2) is 17.0. The molecule has 0 radical (unpaired) electrons. The number of Topliss-reactive ketones (excluding diaryl/α,β-unsaturated/α-hetero) is 1. The van der Waals surface area contributed by atoms with Gasteiger partial charge in [0.2, 0.25) is 0 Å². The Morgan fingerprint density at radius 2 is 1.43 bits per heavy atom. The fraction of sp³-hybridized carbons (Fsp3) is 0.870. The Labute approximate surface area is 368 Å². The van der Waals surface area contributed by atoms with E-state index in [0.29, 0.717) is 25.7 Å².